The smallest absolute Gasteiger partial charge is 0.339 e. The summed E-state index contributed by atoms with van der Waals surface area (Å²) < 4.78 is 7.61. The van der Waals surface area contributed by atoms with E-state index in [9.17, 15) is 9.90 Å². The maximum atomic E-state index is 11.3. The molecule has 1 N–H and O–H groups in total. The monoisotopic (exact) mass is 316 g/mol. The van der Waals surface area contributed by atoms with Crippen molar-refractivity contribution in [2.75, 3.05) is 13.2 Å². The van der Waals surface area contributed by atoms with Crippen LogP contribution in [0.3, 0.4) is 0 Å². The van der Waals surface area contributed by atoms with Crippen molar-refractivity contribution in [2.24, 2.45) is 0 Å². The number of hydrogen-bond acceptors (Lipinski definition) is 5. The van der Waals surface area contributed by atoms with Crippen LogP contribution < -0.4 is 4.74 Å². The quantitative estimate of drug-likeness (QED) is 0.928. The van der Waals surface area contributed by atoms with Crippen molar-refractivity contribution in [1.82, 2.24) is 19.7 Å². The number of fused-ring (bicyclic) bond motifs is 1. The number of carboxylic acids is 1. The average molecular weight is 316 g/mol. The molecule has 7 nitrogen and oxygen atoms in total. The predicted molar refractivity (Wildman–Crippen MR) is 83.4 cm³/mol. The van der Waals surface area contributed by atoms with Gasteiger partial charge < -0.3 is 9.84 Å². The van der Waals surface area contributed by atoms with Crippen LogP contribution in [0.5, 0.6) is 5.75 Å². The van der Waals surface area contributed by atoms with Crippen LogP contribution in [0, 0.1) is 0 Å². The minimum Gasteiger partial charge on any atom is -0.491 e. The molecule has 3 rings (SSSR count). The van der Waals surface area contributed by atoms with E-state index in [1.807, 2.05) is 10.7 Å². The van der Waals surface area contributed by atoms with Gasteiger partial charge in [-0.25, -0.2) is 14.5 Å². The molecule has 1 aliphatic heterocycles. The summed E-state index contributed by atoms with van der Waals surface area (Å²) in [7, 11) is 0. The SMILES string of the molecule is CC(C)n1ncnc1CN1CCOc2c(cccc2C(=O)O)C1. The van der Waals surface area contributed by atoms with Crippen LogP contribution in [0.15, 0.2) is 24.5 Å². The van der Waals surface area contributed by atoms with Crippen molar-refractivity contribution >= 4 is 5.97 Å². The highest BCUT2D eigenvalue weighted by Gasteiger charge is 2.22. The molecule has 23 heavy (non-hydrogen) atoms. The van der Waals surface area contributed by atoms with Crippen molar-refractivity contribution < 1.29 is 14.6 Å². The molecule has 122 valence electrons. The summed E-state index contributed by atoms with van der Waals surface area (Å²) in [4.78, 5) is 17.9. The van der Waals surface area contributed by atoms with Gasteiger partial charge in [-0.3, -0.25) is 4.90 Å². The molecule has 0 saturated carbocycles. The molecule has 0 saturated heterocycles. The van der Waals surface area contributed by atoms with Gasteiger partial charge in [0.1, 0.15) is 30.1 Å². The van der Waals surface area contributed by atoms with E-state index in [1.54, 1.807) is 18.5 Å². The maximum absolute atomic E-state index is 11.3. The second-order valence-electron chi connectivity index (χ2n) is 5.87. The van der Waals surface area contributed by atoms with Gasteiger partial charge in [0.05, 0.1) is 6.54 Å². The fraction of sp³-hybridized carbons (Fsp3) is 0.438. The van der Waals surface area contributed by atoms with Gasteiger partial charge in [-0.1, -0.05) is 12.1 Å². The van der Waals surface area contributed by atoms with Crippen LogP contribution in [0.1, 0.15) is 41.6 Å². The molecule has 0 radical (unpaired) electrons. The summed E-state index contributed by atoms with van der Waals surface area (Å²) in [5.74, 6) is 0.417. The van der Waals surface area contributed by atoms with Crippen molar-refractivity contribution in [1.29, 1.82) is 0 Å². The highest BCUT2D eigenvalue weighted by atomic mass is 16.5. The number of benzene rings is 1. The standard InChI is InChI=1S/C16H20N4O3/c1-11(2)20-14(17-10-18-20)9-19-6-7-23-15-12(8-19)4-3-5-13(15)16(21)22/h3-5,10-11H,6-9H2,1-2H3,(H,21,22). The summed E-state index contributed by atoms with van der Waals surface area (Å²) in [6, 6.07) is 5.49. The van der Waals surface area contributed by atoms with Crippen molar-refractivity contribution in [3.8, 4) is 5.75 Å². The van der Waals surface area contributed by atoms with Crippen molar-refractivity contribution in [3.63, 3.8) is 0 Å². The minimum absolute atomic E-state index is 0.217. The zero-order valence-corrected chi connectivity index (χ0v) is 13.3. The van der Waals surface area contributed by atoms with Gasteiger partial charge in [-0.2, -0.15) is 5.10 Å². The first kappa shape index (κ1) is 15.5. The van der Waals surface area contributed by atoms with E-state index in [0.29, 0.717) is 32.0 Å². The second-order valence-corrected chi connectivity index (χ2v) is 5.87. The fourth-order valence-electron chi connectivity index (χ4n) is 2.80. The molecule has 2 aromatic rings. The Kier molecular flexibility index (Phi) is 4.29. The molecular formula is C16H20N4O3. The maximum Gasteiger partial charge on any atom is 0.339 e. The molecule has 0 amide bonds. The molecule has 7 heteroatoms. The van der Waals surface area contributed by atoms with Crippen LogP contribution in [-0.4, -0.2) is 43.9 Å². The Bertz CT molecular complexity index is 711. The molecule has 0 bridgehead atoms. The van der Waals surface area contributed by atoms with Gasteiger partial charge in [-0.15, -0.1) is 0 Å². The first-order valence-electron chi connectivity index (χ1n) is 7.65. The molecule has 0 unspecified atom stereocenters. The summed E-state index contributed by atoms with van der Waals surface area (Å²) in [5, 5.41) is 13.5. The molecular weight excluding hydrogens is 296 g/mol. The van der Waals surface area contributed by atoms with Gasteiger partial charge in [0.15, 0.2) is 0 Å². The number of ether oxygens (including phenoxy) is 1. The van der Waals surface area contributed by atoms with Crippen LogP contribution in [0.4, 0.5) is 0 Å². The van der Waals surface area contributed by atoms with Crippen LogP contribution in [-0.2, 0) is 13.1 Å². The molecule has 1 aromatic heterocycles. The van der Waals surface area contributed by atoms with E-state index in [1.165, 1.54) is 0 Å². The van der Waals surface area contributed by atoms with E-state index in [-0.39, 0.29) is 11.6 Å². The minimum atomic E-state index is -0.963. The van der Waals surface area contributed by atoms with Gasteiger partial charge in [0, 0.05) is 24.7 Å². The third kappa shape index (κ3) is 3.19. The van der Waals surface area contributed by atoms with E-state index >= 15 is 0 Å². The van der Waals surface area contributed by atoms with E-state index in [2.05, 4.69) is 28.8 Å². The summed E-state index contributed by atoms with van der Waals surface area (Å²) >= 11 is 0. The number of para-hydroxylation sites is 1. The Balaban J connectivity index is 1.83. The molecule has 2 heterocycles. The average Bonchev–Trinajstić information content (AvgIpc) is 2.86. The summed E-state index contributed by atoms with van der Waals surface area (Å²) in [5.41, 5.74) is 1.10. The Labute approximate surface area is 134 Å². The van der Waals surface area contributed by atoms with Crippen molar-refractivity contribution in [2.45, 2.75) is 33.0 Å². The van der Waals surface area contributed by atoms with E-state index < -0.39 is 5.97 Å². The highest BCUT2D eigenvalue weighted by Crippen LogP contribution is 2.28. The normalized spacial score (nSPS) is 15.1. The molecule has 1 aliphatic rings. The number of aromatic nitrogens is 3. The number of hydrogen-bond donors (Lipinski definition) is 1. The van der Waals surface area contributed by atoms with Gasteiger partial charge in [0.25, 0.3) is 0 Å². The number of nitrogens with zero attached hydrogens (tertiary/aromatic N) is 4. The molecule has 0 spiro atoms. The number of carbonyl (C=O) groups is 1. The Morgan fingerprint density at radius 2 is 2.26 bits per heavy atom. The van der Waals surface area contributed by atoms with Crippen LogP contribution in [0.2, 0.25) is 0 Å². The summed E-state index contributed by atoms with van der Waals surface area (Å²) in [6.07, 6.45) is 1.57. The predicted octanol–water partition coefficient (Wildman–Crippen LogP) is 1.95. The lowest BCUT2D eigenvalue weighted by atomic mass is 10.1. The molecule has 0 atom stereocenters. The zero-order chi connectivity index (χ0) is 16.4. The van der Waals surface area contributed by atoms with Crippen LogP contribution >= 0.6 is 0 Å². The largest absolute Gasteiger partial charge is 0.491 e. The number of rotatable bonds is 4. The number of aromatic carboxylic acids is 1. The lowest BCUT2D eigenvalue weighted by molar-refractivity contribution is 0.0692. The Morgan fingerprint density at radius 3 is 3.00 bits per heavy atom. The van der Waals surface area contributed by atoms with Gasteiger partial charge in [-0.05, 0) is 19.9 Å². The molecule has 1 aromatic carbocycles. The van der Waals surface area contributed by atoms with Crippen molar-refractivity contribution in [3.05, 3.63) is 41.5 Å². The summed E-state index contributed by atoms with van der Waals surface area (Å²) in [6.45, 7) is 6.57. The van der Waals surface area contributed by atoms with Gasteiger partial charge in [0.2, 0.25) is 0 Å². The van der Waals surface area contributed by atoms with Crippen LogP contribution in [0.25, 0.3) is 0 Å². The topological polar surface area (TPSA) is 80.5 Å². The first-order valence-corrected chi connectivity index (χ1v) is 7.65. The van der Waals surface area contributed by atoms with Gasteiger partial charge >= 0.3 is 5.97 Å². The highest BCUT2D eigenvalue weighted by molar-refractivity contribution is 5.91. The second kappa shape index (κ2) is 6.37. The van der Waals surface area contributed by atoms with E-state index in [4.69, 9.17) is 4.74 Å². The third-order valence-corrected chi connectivity index (χ3v) is 3.88. The lowest BCUT2D eigenvalue weighted by Crippen LogP contribution is -2.27. The molecule has 0 aliphatic carbocycles. The Hall–Kier alpha value is -2.41. The first-order chi connectivity index (χ1) is 11.1. The third-order valence-electron chi connectivity index (χ3n) is 3.88. The number of carboxylic acid groups (broad SMARTS) is 1. The fourth-order valence-corrected chi connectivity index (χ4v) is 2.80. The zero-order valence-electron chi connectivity index (χ0n) is 13.3. The molecule has 0 fully saturated rings. The van der Waals surface area contributed by atoms with E-state index in [0.717, 1.165) is 11.4 Å². The Morgan fingerprint density at radius 1 is 1.43 bits per heavy atom. The lowest BCUT2D eigenvalue weighted by Gasteiger charge is -2.20.